The number of amides is 2. The van der Waals surface area contributed by atoms with Gasteiger partial charge in [-0.2, -0.15) is 0 Å². The van der Waals surface area contributed by atoms with Gasteiger partial charge in [0, 0.05) is 18.8 Å². The lowest BCUT2D eigenvalue weighted by Gasteiger charge is -2.32. The summed E-state index contributed by atoms with van der Waals surface area (Å²) in [5, 5.41) is 5.08. The van der Waals surface area contributed by atoms with Crippen LogP contribution in [0.25, 0.3) is 0 Å². The van der Waals surface area contributed by atoms with Crippen molar-refractivity contribution in [3.05, 3.63) is 51.7 Å². The van der Waals surface area contributed by atoms with Crippen molar-refractivity contribution < 1.29 is 9.59 Å². The Kier molecular flexibility index (Phi) is 6.09. The van der Waals surface area contributed by atoms with Crippen LogP contribution in [0.15, 0.2) is 35.7 Å². The van der Waals surface area contributed by atoms with Crippen molar-refractivity contribution in [2.75, 3.05) is 18.4 Å². The van der Waals surface area contributed by atoms with E-state index in [0.717, 1.165) is 42.8 Å². The van der Waals surface area contributed by atoms with Gasteiger partial charge < -0.3 is 10.2 Å². The van der Waals surface area contributed by atoms with Crippen LogP contribution >= 0.6 is 11.3 Å². The van der Waals surface area contributed by atoms with Gasteiger partial charge in [-0.25, -0.2) is 0 Å². The fourth-order valence-corrected chi connectivity index (χ4v) is 4.25. The summed E-state index contributed by atoms with van der Waals surface area (Å²) < 4.78 is 0. The number of hydrogen-bond donors (Lipinski definition) is 1. The molecular formula is C21H26N2O2S. The number of aryl methyl sites for hydroxylation is 2. The lowest BCUT2D eigenvalue weighted by molar-refractivity contribution is -0.121. The van der Waals surface area contributed by atoms with Crippen molar-refractivity contribution in [3.63, 3.8) is 0 Å². The van der Waals surface area contributed by atoms with E-state index in [2.05, 4.69) is 37.4 Å². The molecular weight excluding hydrogens is 344 g/mol. The third-order valence-electron chi connectivity index (χ3n) is 5.06. The predicted octanol–water partition coefficient (Wildman–Crippen LogP) is 4.36. The van der Waals surface area contributed by atoms with Gasteiger partial charge in [0.15, 0.2) is 0 Å². The summed E-state index contributed by atoms with van der Waals surface area (Å²) in [6.07, 6.45) is 3.47. The first-order valence-corrected chi connectivity index (χ1v) is 10.3. The van der Waals surface area contributed by atoms with Crippen LogP contribution in [0.4, 0.5) is 5.69 Å². The van der Waals surface area contributed by atoms with Crippen LogP contribution in [0.2, 0.25) is 0 Å². The van der Waals surface area contributed by atoms with Crippen molar-refractivity contribution in [3.8, 4) is 0 Å². The van der Waals surface area contributed by atoms with Gasteiger partial charge in [-0.1, -0.05) is 38.1 Å². The maximum Gasteiger partial charge on any atom is 0.263 e. The molecule has 1 aliphatic rings. The second kappa shape index (κ2) is 8.49. The van der Waals surface area contributed by atoms with Crippen molar-refractivity contribution >= 4 is 28.8 Å². The number of thiophene rings is 1. The molecule has 1 saturated heterocycles. The Hall–Kier alpha value is -2.14. The molecule has 2 amide bonds. The lowest BCUT2D eigenvalue weighted by Crippen LogP contribution is -2.43. The smallest absolute Gasteiger partial charge is 0.263 e. The topological polar surface area (TPSA) is 49.4 Å². The summed E-state index contributed by atoms with van der Waals surface area (Å²) in [4.78, 5) is 28.1. The van der Waals surface area contributed by atoms with Gasteiger partial charge >= 0.3 is 0 Å². The standard InChI is InChI=1S/C21H26N2O2S/c1-3-15-8-5-9-16(4-2)19(15)22-20(24)17-10-6-12-23(14-17)21(25)18-11-7-13-26-18/h5,7-9,11,13,17H,3-4,6,10,12,14H2,1-2H3,(H,22,24). The van der Waals surface area contributed by atoms with Gasteiger partial charge in [0.2, 0.25) is 5.91 Å². The highest BCUT2D eigenvalue weighted by atomic mass is 32.1. The van der Waals surface area contributed by atoms with E-state index in [1.807, 2.05) is 22.4 Å². The summed E-state index contributed by atoms with van der Waals surface area (Å²) in [6, 6.07) is 9.93. The number of carbonyl (C=O) groups excluding carboxylic acids is 2. The minimum absolute atomic E-state index is 0.0317. The fourth-order valence-electron chi connectivity index (χ4n) is 3.56. The van der Waals surface area contributed by atoms with Gasteiger partial charge in [0.05, 0.1) is 10.8 Å². The molecule has 1 aromatic heterocycles. The molecule has 1 unspecified atom stereocenters. The first-order valence-electron chi connectivity index (χ1n) is 9.38. The van der Waals surface area contributed by atoms with Crippen LogP contribution < -0.4 is 5.32 Å². The first-order chi connectivity index (χ1) is 12.6. The molecule has 0 bridgehead atoms. The zero-order chi connectivity index (χ0) is 18.5. The minimum atomic E-state index is -0.151. The average Bonchev–Trinajstić information content (AvgIpc) is 3.22. The number of para-hydroxylation sites is 1. The van der Waals surface area contributed by atoms with Crippen LogP contribution in [0.1, 0.15) is 47.5 Å². The molecule has 2 aromatic rings. The van der Waals surface area contributed by atoms with Crippen molar-refractivity contribution in [1.82, 2.24) is 4.90 Å². The normalized spacial score (nSPS) is 17.2. The highest BCUT2D eigenvalue weighted by molar-refractivity contribution is 7.12. The maximum absolute atomic E-state index is 12.9. The van der Waals surface area contributed by atoms with Crippen LogP contribution in [-0.4, -0.2) is 29.8 Å². The van der Waals surface area contributed by atoms with Gasteiger partial charge in [0.1, 0.15) is 0 Å². The number of nitrogens with zero attached hydrogens (tertiary/aromatic N) is 1. The quantitative estimate of drug-likeness (QED) is 0.850. The zero-order valence-corrected chi connectivity index (χ0v) is 16.3. The highest BCUT2D eigenvalue weighted by Gasteiger charge is 2.29. The molecule has 1 aliphatic heterocycles. The molecule has 0 saturated carbocycles. The Bertz CT molecular complexity index is 748. The number of nitrogens with one attached hydrogen (secondary N) is 1. The molecule has 2 heterocycles. The highest BCUT2D eigenvalue weighted by Crippen LogP contribution is 2.26. The molecule has 138 valence electrons. The van der Waals surface area contributed by atoms with Crippen molar-refractivity contribution in [2.45, 2.75) is 39.5 Å². The van der Waals surface area contributed by atoms with E-state index in [9.17, 15) is 9.59 Å². The molecule has 5 heteroatoms. The second-order valence-electron chi connectivity index (χ2n) is 6.72. The molecule has 0 aliphatic carbocycles. The molecule has 4 nitrogen and oxygen atoms in total. The Morgan fingerprint density at radius 2 is 1.88 bits per heavy atom. The second-order valence-corrected chi connectivity index (χ2v) is 7.66. The molecule has 3 rings (SSSR count). The van der Waals surface area contributed by atoms with Crippen LogP contribution in [0.3, 0.4) is 0 Å². The molecule has 0 radical (unpaired) electrons. The summed E-state index contributed by atoms with van der Waals surface area (Å²) in [5.74, 6) is -0.0766. The Morgan fingerprint density at radius 3 is 2.50 bits per heavy atom. The first kappa shape index (κ1) is 18.6. The predicted molar refractivity (Wildman–Crippen MR) is 107 cm³/mol. The van der Waals surface area contributed by atoms with E-state index in [1.54, 1.807) is 0 Å². The molecule has 0 spiro atoms. The third kappa shape index (κ3) is 3.98. The Balaban J connectivity index is 1.71. The number of rotatable bonds is 5. The van der Waals surface area contributed by atoms with E-state index >= 15 is 0 Å². The fraction of sp³-hybridized carbons (Fsp3) is 0.429. The van der Waals surface area contributed by atoms with E-state index in [0.29, 0.717) is 6.54 Å². The number of carbonyl (C=O) groups is 2. The van der Waals surface area contributed by atoms with Crippen LogP contribution in [0, 0.1) is 5.92 Å². The van der Waals surface area contributed by atoms with E-state index in [1.165, 1.54) is 22.5 Å². The molecule has 1 N–H and O–H groups in total. The van der Waals surface area contributed by atoms with Crippen molar-refractivity contribution in [1.29, 1.82) is 0 Å². The van der Waals surface area contributed by atoms with Crippen LogP contribution in [0.5, 0.6) is 0 Å². The third-order valence-corrected chi connectivity index (χ3v) is 5.92. The van der Waals surface area contributed by atoms with E-state index < -0.39 is 0 Å². The number of hydrogen-bond acceptors (Lipinski definition) is 3. The van der Waals surface area contributed by atoms with E-state index in [4.69, 9.17) is 0 Å². The average molecular weight is 371 g/mol. The number of benzene rings is 1. The number of likely N-dealkylation sites (tertiary alicyclic amines) is 1. The number of piperidine rings is 1. The molecule has 26 heavy (non-hydrogen) atoms. The Morgan fingerprint density at radius 1 is 1.15 bits per heavy atom. The van der Waals surface area contributed by atoms with Crippen molar-refractivity contribution in [2.24, 2.45) is 5.92 Å². The summed E-state index contributed by atoms with van der Waals surface area (Å²) in [5.41, 5.74) is 3.30. The lowest BCUT2D eigenvalue weighted by atomic mass is 9.96. The minimum Gasteiger partial charge on any atom is -0.337 e. The summed E-state index contributed by atoms with van der Waals surface area (Å²) in [6.45, 7) is 5.43. The summed E-state index contributed by atoms with van der Waals surface area (Å²) in [7, 11) is 0. The Labute approximate surface area is 159 Å². The van der Waals surface area contributed by atoms with Gasteiger partial charge in [0.25, 0.3) is 5.91 Å². The zero-order valence-electron chi connectivity index (χ0n) is 15.5. The number of anilines is 1. The monoisotopic (exact) mass is 370 g/mol. The molecule has 1 atom stereocenters. The summed E-state index contributed by atoms with van der Waals surface area (Å²) >= 11 is 1.46. The maximum atomic E-state index is 12.9. The SMILES string of the molecule is CCc1cccc(CC)c1NC(=O)C1CCCN(C(=O)c2cccs2)C1. The van der Waals surface area contributed by atoms with Gasteiger partial charge in [-0.05, 0) is 48.3 Å². The van der Waals surface area contributed by atoms with Gasteiger partial charge in [-0.15, -0.1) is 11.3 Å². The molecule has 1 fully saturated rings. The molecule has 1 aromatic carbocycles. The largest absolute Gasteiger partial charge is 0.337 e. The van der Waals surface area contributed by atoms with E-state index in [-0.39, 0.29) is 17.7 Å². The van der Waals surface area contributed by atoms with Gasteiger partial charge in [-0.3, -0.25) is 9.59 Å². The van der Waals surface area contributed by atoms with Crippen LogP contribution in [-0.2, 0) is 17.6 Å².